The molecule has 2 aromatic rings. The summed E-state index contributed by atoms with van der Waals surface area (Å²) >= 11 is 3.37. The van der Waals surface area contributed by atoms with E-state index in [-0.39, 0.29) is 0 Å². The second kappa shape index (κ2) is 6.26. The summed E-state index contributed by atoms with van der Waals surface area (Å²) in [6.07, 6.45) is -0.460. The number of ether oxygens (including phenoxy) is 2. The Labute approximate surface area is 120 Å². The van der Waals surface area contributed by atoms with Crippen molar-refractivity contribution in [3.8, 4) is 23.3 Å². The van der Waals surface area contributed by atoms with Gasteiger partial charge in [0, 0.05) is 4.47 Å². The van der Waals surface area contributed by atoms with E-state index in [0.29, 0.717) is 5.75 Å². The molecule has 0 radical (unpaired) electrons. The van der Waals surface area contributed by atoms with Gasteiger partial charge in [0.15, 0.2) is 6.10 Å². The standard InChI is InChI=1S/C15H12BrNO2/c1-11(10-17)18-13-6-8-15(9-7-13)19-14-4-2-12(16)3-5-14/h2-9,11H,1H3. The lowest BCUT2D eigenvalue weighted by Gasteiger charge is -2.09. The molecule has 2 rings (SSSR count). The lowest BCUT2D eigenvalue weighted by molar-refractivity contribution is 0.276. The van der Waals surface area contributed by atoms with Crippen LogP contribution in [0.2, 0.25) is 0 Å². The number of nitriles is 1. The van der Waals surface area contributed by atoms with Gasteiger partial charge in [-0.1, -0.05) is 15.9 Å². The zero-order valence-electron chi connectivity index (χ0n) is 10.3. The van der Waals surface area contributed by atoms with Gasteiger partial charge in [0.25, 0.3) is 0 Å². The van der Waals surface area contributed by atoms with Gasteiger partial charge in [-0.3, -0.25) is 0 Å². The van der Waals surface area contributed by atoms with Gasteiger partial charge in [0.2, 0.25) is 0 Å². The topological polar surface area (TPSA) is 42.2 Å². The Morgan fingerprint density at radius 2 is 1.42 bits per heavy atom. The van der Waals surface area contributed by atoms with Crippen LogP contribution in [0.4, 0.5) is 0 Å². The number of hydrogen-bond acceptors (Lipinski definition) is 3. The summed E-state index contributed by atoms with van der Waals surface area (Å²) in [4.78, 5) is 0. The highest BCUT2D eigenvalue weighted by Crippen LogP contribution is 2.25. The fraction of sp³-hybridized carbons (Fsp3) is 0.133. The largest absolute Gasteiger partial charge is 0.476 e. The molecule has 0 saturated carbocycles. The summed E-state index contributed by atoms with van der Waals surface area (Å²) in [7, 11) is 0. The van der Waals surface area contributed by atoms with E-state index in [1.165, 1.54) is 0 Å². The van der Waals surface area contributed by atoms with Crippen LogP contribution in [0.15, 0.2) is 53.0 Å². The maximum absolute atomic E-state index is 8.66. The molecule has 0 spiro atoms. The summed E-state index contributed by atoms with van der Waals surface area (Å²) in [5, 5.41) is 8.66. The number of benzene rings is 2. The first-order valence-electron chi connectivity index (χ1n) is 5.77. The number of hydrogen-bond donors (Lipinski definition) is 0. The molecule has 0 amide bonds. The van der Waals surface area contributed by atoms with Crippen molar-refractivity contribution in [2.24, 2.45) is 0 Å². The Kier molecular flexibility index (Phi) is 4.43. The fourth-order valence-corrected chi connectivity index (χ4v) is 1.72. The van der Waals surface area contributed by atoms with Gasteiger partial charge in [-0.25, -0.2) is 0 Å². The quantitative estimate of drug-likeness (QED) is 0.831. The van der Waals surface area contributed by atoms with E-state index in [1.807, 2.05) is 42.5 Å². The smallest absolute Gasteiger partial charge is 0.181 e. The summed E-state index contributed by atoms with van der Waals surface area (Å²) < 4.78 is 12.0. The third kappa shape index (κ3) is 4.01. The molecule has 0 saturated heterocycles. The van der Waals surface area contributed by atoms with E-state index in [1.54, 1.807) is 19.1 Å². The third-order valence-corrected chi connectivity index (χ3v) is 2.90. The predicted molar refractivity (Wildman–Crippen MR) is 76.4 cm³/mol. The maximum Gasteiger partial charge on any atom is 0.181 e. The lowest BCUT2D eigenvalue weighted by atomic mass is 10.3. The van der Waals surface area contributed by atoms with Crippen molar-refractivity contribution in [2.75, 3.05) is 0 Å². The van der Waals surface area contributed by atoms with Gasteiger partial charge in [-0.15, -0.1) is 0 Å². The van der Waals surface area contributed by atoms with Crippen LogP contribution < -0.4 is 9.47 Å². The van der Waals surface area contributed by atoms with Crippen LogP contribution in [-0.2, 0) is 0 Å². The summed E-state index contributed by atoms with van der Waals surface area (Å²) in [5.41, 5.74) is 0. The molecule has 0 aliphatic carbocycles. The highest BCUT2D eigenvalue weighted by molar-refractivity contribution is 9.10. The van der Waals surface area contributed by atoms with Gasteiger partial charge >= 0.3 is 0 Å². The van der Waals surface area contributed by atoms with Crippen LogP contribution in [0, 0.1) is 11.3 Å². The molecule has 4 heteroatoms. The third-order valence-electron chi connectivity index (χ3n) is 2.37. The van der Waals surface area contributed by atoms with Crippen LogP contribution in [-0.4, -0.2) is 6.10 Å². The molecule has 0 aliphatic heterocycles. The van der Waals surface area contributed by atoms with E-state index < -0.39 is 6.10 Å². The van der Waals surface area contributed by atoms with Crippen molar-refractivity contribution in [2.45, 2.75) is 13.0 Å². The second-order valence-electron chi connectivity index (χ2n) is 3.92. The summed E-state index contributed by atoms with van der Waals surface area (Å²) in [5.74, 6) is 2.14. The minimum atomic E-state index is -0.460. The monoisotopic (exact) mass is 317 g/mol. The van der Waals surface area contributed by atoms with Crippen molar-refractivity contribution in [3.05, 3.63) is 53.0 Å². The molecule has 0 fully saturated rings. The molecule has 0 aromatic heterocycles. The Morgan fingerprint density at radius 1 is 0.947 bits per heavy atom. The van der Waals surface area contributed by atoms with E-state index in [2.05, 4.69) is 15.9 Å². The van der Waals surface area contributed by atoms with Crippen LogP contribution in [0.25, 0.3) is 0 Å². The van der Waals surface area contributed by atoms with Crippen LogP contribution in [0.1, 0.15) is 6.92 Å². The summed E-state index contributed by atoms with van der Waals surface area (Å²) in [6, 6.07) is 16.8. The zero-order chi connectivity index (χ0) is 13.7. The molecule has 0 aliphatic rings. The van der Waals surface area contributed by atoms with Gasteiger partial charge in [0.05, 0.1) is 0 Å². The van der Waals surface area contributed by atoms with Gasteiger partial charge in [0.1, 0.15) is 23.3 Å². The normalized spacial score (nSPS) is 11.4. The van der Waals surface area contributed by atoms with Crippen LogP contribution >= 0.6 is 15.9 Å². The van der Waals surface area contributed by atoms with E-state index in [9.17, 15) is 0 Å². The fourth-order valence-electron chi connectivity index (χ4n) is 1.46. The number of halogens is 1. The minimum absolute atomic E-state index is 0.460. The average molecular weight is 318 g/mol. The number of nitrogens with zero attached hydrogens (tertiary/aromatic N) is 1. The molecule has 3 nitrogen and oxygen atoms in total. The van der Waals surface area contributed by atoms with E-state index in [4.69, 9.17) is 14.7 Å². The molecule has 1 unspecified atom stereocenters. The average Bonchev–Trinajstić information content (AvgIpc) is 2.43. The van der Waals surface area contributed by atoms with Gasteiger partial charge in [-0.2, -0.15) is 5.26 Å². The molecular weight excluding hydrogens is 306 g/mol. The van der Waals surface area contributed by atoms with E-state index in [0.717, 1.165) is 16.0 Å². The van der Waals surface area contributed by atoms with Crippen molar-refractivity contribution < 1.29 is 9.47 Å². The second-order valence-corrected chi connectivity index (χ2v) is 4.83. The lowest BCUT2D eigenvalue weighted by Crippen LogP contribution is -2.07. The van der Waals surface area contributed by atoms with Gasteiger partial charge < -0.3 is 9.47 Å². The molecule has 0 bridgehead atoms. The molecule has 1 atom stereocenters. The van der Waals surface area contributed by atoms with Crippen molar-refractivity contribution in [3.63, 3.8) is 0 Å². The van der Waals surface area contributed by atoms with Gasteiger partial charge in [-0.05, 0) is 55.5 Å². The summed E-state index contributed by atoms with van der Waals surface area (Å²) in [6.45, 7) is 1.70. The van der Waals surface area contributed by atoms with Crippen molar-refractivity contribution in [1.82, 2.24) is 0 Å². The van der Waals surface area contributed by atoms with Crippen LogP contribution in [0.3, 0.4) is 0 Å². The Morgan fingerprint density at radius 3 is 1.95 bits per heavy atom. The molecular formula is C15H12BrNO2. The first-order chi connectivity index (χ1) is 9.17. The number of rotatable bonds is 4. The minimum Gasteiger partial charge on any atom is -0.476 e. The van der Waals surface area contributed by atoms with Crippen LogP contribution in [0.5, 0.6) is 17.2 Å². The molecule has 0 heterocycles. The molecule has 0 N–H and O–H groups in total. The predicted octanol–water partition coefficient (Wildman–Crippen LogP) is 4.53. The molecule has 96 valence electrons. The molecule has 2 aromatic carbocycles. The van der Waals surface area contributed by atoms with E-state index >= 15 is 0 Å². The SMILES string of the molecule is CC(C#N)Oc1ccc(Oc2ccc(Br)cc2)cc1. The zero-order valence-corrected chi connectivity index (χ0v) is 11.9. The van der Waals surface area contributed by atoms with Crippen molar-refractivity contribution >= 4 is 15.9 Å². The maximum atomic E-state index is 8.66. The Bertz CT molecular complexity index is 573. The first kappa shape index (κ1) is 13.4. The molecule has 19 heavy (non-hydrogen) atoms. The first-order valence-corrected chi connectivity index (χ1v) is 6.56. The van der Waals surface area contributed by atoms with Crippen molar-refractivity contribution in [1.29, 1.82) is 5.26 Å². The highest BCUT2D eigenvalue weighted by atomic mass is 79.9. The Hall–Kier alpha value is -1.99. The highest BCUT2D eigenvalue weighted by Gasteiger charge is 2.02. The Balaban J connectivity index is 2.02.